The summed E-state index contributed by atoms with van der Waals surface area (Å²) in [6.07, 6.45) is 5.34. The average Bonchev–Trinajstić information content (AvgIpc) is 2.45. The van der Waals surface area contributed by atoms with Crippen molar-refractivity contribution in [2.45, 2.75) is 65.7 Å². The number of benzene rings is 1. The number of aryl methyl sites for hydroxylation is 1. The highest BCUT2D eigenvalue weighted by Gasteiger charge is 2.18. The molecule has 0 radical (unpaired) electrons. The molecule has 1 rings (SSSR count). The fraction of sp³-hybridized carbons (Fsp3) is 0.588. The maximum atomic E-state index is 10.8. The zero-order valence-electron chi connectivity index (χ0n) is 13.2. The van der Waals surface area contributed by atoms with E-state index in [2.05, 4.69) is 13.8 Å². The average molecular weight is 294 g/mol. The Morgan fingerprint density at radius 3 is 2.24 bits per heavy atom. The minimum Gasteiger partial charge on any atom is -0.504 e. The second-order valence-corrected chi connectivity index (χ2v) is 5.27. The third kappa shape index (κ3) is 4.66. The Morgan fingerprint density at radius 1 is 1.10 bits per heavy atom. The van der Waals surface area contributed by atoms with Gasteiger partial charge < -0.3 is 14.9 Å². The first-order valence-corrected chi connectivity index (χ1v) is 7.82. The van der Waals surface area contributed by atoms with Crippen molar-refractivity contribution in [3.8, 4) is 11.5 Å². The molecule has 2 N–H and O–H groups in total. The van der Waals surface area contributed by atoms with E-state index in [1.807, 2.05) is 6.92 Å². The number of ether oxygens (including phenoxy) is 1. The third-order valence-electron chi connectivity index (χ3n) is 3.71. The molecular weight excluding hydrogens is 268 g/mol. The number of rotatable bonds is 8. The van der Waals surface area contributed by atoms with E-state index < -0.39 is 6.16 Å². The predicted molar refractivity (Wildman–Crippen MR) is 83.4 cm³/mol. The molecule has 0 atom stereocenters. The van der Waals surface area contributed by atoms with Crippen molar-refractivity contribution >= 4 is 6.16 Å². The summed E-state index contributed by atoms with van der Waals surface area (Å²) in [5.74, 6) is 0.0388. The molecule has 0 amide bonds. The van der Waals surface area contributed by atoms with E-state index in [1.54, 1.807) is 6.07 Å². The van der Waals surface area contributed by atoms with Crippen molar-refractivity contribution in [2.75, 3.05) is 0 Å². The smallest absolute Gasteiger partial charge is 0.504 e. The molecule has 1 aromatic carbocycles. The van der Waals surface area contributed by atoms with Crippen LogP contribution in [0.5, 0.6) is 11.5 Å². The van der Waals surface area contributed by atoms with Gasteiger partial charge in [0, 0.05) is 5.56 Å². The highest BCUT2D eigenvalue weighted by molar-refractivity contribution is 5.65. The molecule has 0 fully saturated rings. The van der Waals surface area contributed by atoms with Crippen LogP contribution >= 0.6 is 0 Å². The quantitative estimate of drug-likeness (QED) is 0.539. The predicted octanol–water partition coefficient (Wildman–Crippen LogP) is 4.70. The summed E-state index contributed by atoms with van der Waals surface area (Å²) in [4.78, 5) is 10.8. The van der Waals surface area contributed by atoms with Crippen LogP contribution in [0.3, 0.4) is 0 Å². The van der Waals surface area contributed by atoms with Gasteiger partial charge in [0.15, 0.2) is 11.5 Å². The summed E-state index contributed by atoms with van der Waals surface area (Å²) >= 11 is 0. The number of phenols is 1. The zero-order chi connectivity index (χ0) is 15.8. The molecule has 0 saturated carbocycles. The fourth-order valence-electron chi connectivity index (χ4n) is 2.61. The Morgan fingerprint density at radius 2 is 1.71 bits per heavy atom. The van der Waals surface area contributed by atoms with E-state index in [0.717, 1.165) is 49.7 Å². The maximum absolute atomic E-state index is 10.8. The minimum atomic E-state index is -1.39. The number of phenolic OH excluding ortho intramolecular Hbond substituents is 1. The lowest BCUT2D eigenvalue weighted by atomic mass is 9.91. The number of carbonyl (C=O) groups is 1. The van der Waals surface area contributed by atoms with Crippen LogP contribution in [0.25, 0.3) is 0 Å². The van der Waals surface area contributed by atoms with Crippen molar-refractivity contribution in [3.05, 3.63) is 22.8 Å². The number of unbranched alkanes of at least 4 members (excludes halogenated alkanes) is 2. The SMILES string of the molecule is CCCCc1cc(OC(=O)O)c(O)c(CC)c1CCCC. The van der Waals surface area contributed by atoms with Gasteiger partial charge in [-0.1, -0.05) is 33.6 Å². The molecule has 4 heteroatoms. The Balaban J connectivity index is 3.29. The molecule has 1 aromatic rings. The lowest BCUT2D eigenvalue weighted by Gasteiger charge is -2.18. The summed E-state index contributed by atoms with van der Waals surface area (Å²) in [7, 11) is 0. The van der Waals surface area contributed by atoms with E-state index in [-0.39, 0.29) is 11.5 Å². The highest BCUT2D eigenvalue weighted by Crippen LogP contribution is 2.37. The molecule has 0 aliphatic heterocycles. The van der Waals surface area contributed by atoms with Gasteiger partial charge in [-0.2, -0.15) is 0 Å². The lowest BCUT2D eigenvalue weighted by Crippen LogP contribution is -2.07. The Kier molecular flexibility index (Phi) is 7.06. The van der Waals surface area contributed by atoms with E-state index >= 15 is 0 Å². The number of aromatic hydroxyl groups is 1. The largest absolute Gasteiger partial charge is 0.511 e. The van der Waals surface area contributed by atoms with Gasteiger partial charge in [0.1, 0.15) is 0 Å². The van der Waals surface area contributed by atoms with Gasteiger partial charge >= 0.3 is 6.16 Å². The molecule has 0 aliphatic rings. The number of hydrogen-bond donors (Lipinski definition) is 2. The van der Waals surface area contributed by atoms with Gasteiger partial charge in [-0.3, -0.25) is 0 Å². The van der Waals surface area contributed by atoms with Crippen LogP contribution in [-0.4, -0.2) is 16.4 Å². The summed E-state index contributed by atoms with van der Waals surface area (Å²) in [6.45, 7) is 6.24. The molecule has 0 spiro atoms. The number of carboxylic acid groups (broad SMARTS) is 1. The van der Waals surface area contributed by atoms with Crippen LogP contribution in [0, 0.1) is 0 Å². The van der Waals surface area contributed by atoms with Crippen LogP contribution in [0.1, 0.15) is 63.1 Å². The van der Waals surface area contributed by atoms with Crippen LogP contribution < -0.4 is 4.74 Å². The molecule has 0 bridgehead atoms. The summed E-state index contributed by atoms with van der Waals surface area (Å²) in [5.41, 5.74) is 3.10. The monoisotopic (exact) mass is 294 g/mol. The van der Waals surface area contributed by atoms with E-state index in [9.17, 15) is 9.90 Å². The van der Waals surface area contributed by atoms with Crippen molar-refractivity contribution in [3.63, 3.8) is 0 Å². The van der Waals surface area contributed by atoms with Gasteiger partial charge in [0.25, 0.3) is 0 Å². The van der Waals surface area contributed by atoms with E-state index in [0.29, 0.717) is 6.42 Å². The molecule has 0 aromatic heterocycles. The molecule has 0 unspecified atom stereocenters. The van der Waals surface area contributed by atoms with E-state index in [4.69, 9.17) is 9.84 Å². The van der Waals surface area contributed by atoms with Gasteiger partial charge in [0.2, 0.25) is 0 Å². The van der Waals surface area contributed by atoms with Crippen molar-refractivity contribution in [1.29, 1.82) is 0 Å². The third-order valence-corrected chi connectivity index (χ3v) is 3.71. The van der Waals surface area contributed by atoms with Gasteiger partial charge in [-0.25, -0.2) is 4.79 Å². The van der Waals surface area contributed by atoms with E-state index in [1.165, 1.54) is 5.56 Å². The molecular formula is C17H26O4. The van der Waals surface area contributed by atoms with Crippen molar-refractivity contribution in [1.82, 2.24) is 0 Å². The van der Waals surface area contributed by atoms with Gasteiger partial charge in [-0.15, -0.1) is 0 Å². The van der Waals surface area contributed by atoms with Gasteiger partial charge in [0.05, 0.1) is 0 Å². The minimum absolute atomic E-state index is 0.0220. The van der Waals surface area contributed by atoms with Crippen LogP contribution in [0.2, 0.25) is 0 Å². The number of hydrogen-bond acceptors (Lipinski definition) is 3. The fourth-order valence-corrected chi connectivity index (χ4v) is 2.61. The summed E-state index contributed by atoms with van der Waals surface area (Å²) in [5, 5.41) is 19.1. The summed E-state index contributed by atoms with van der Waals surface area (Å²) < 4.78 is 4.73. The lowest BCUT2D eigenvalue weighted by molar-refractivity contribution is 0.142. The standard InChI is InChI=1S/C17H26O4/c1-4-7-9-12-11-15(21-17(19)20)16(18)13(6-3)14(12)10-8-5-2/h11,18H,4-10H2,1-3H3,(H,19,20). The molecule has 0 heterocycles. The van der Waals surface area contributed by atoms with Crippen molar-refractivity contribution < 1.29 is 19.7 Å². The van der Waals surface area contributed by atoms with Gasteiger partial charge in [-0.05, 0) is 49.3 Å². The summed E-state index contributed by atoms with van der Waals surface area (Å²) in [6, 6.07) is 1.70. The molecule has 118 valence electrons. The highest BCUT2D eigenvalue weighted by atomic mass is 16.7. The van der Waals surface area contributed by atoms with Crippen LogP contribution in [0.15, 0.2) is 6.07 Å². The van der Waals surface area contributed by atoms with Crippen molar-refractivity contribution in [2.24, 2.45) is 0 Å². The second kappa shape index (κ2) is 8.55. The second-order valence-electron chi connectivity index (χ2n) is 5.27. The zero-order valence-corrected chi connectivity index (χ0v) is 13.2. The molecule has 21 heavy (non-hydrogen) atoms. The Hall–Kier alpha value is -1.71. The molecule has 0 saturated heterocycles. The first-order chi connectivity index (χ1) is 10.0. The van der Waals surface area contributed by atoms with Crippen LogP contribution in [0.4, 0.5) is 4.79 Å². The first kappa shape index (κ1) is 17.3. The first-order valence-electron chi connectivity index (χ1n) is 7.82. The van der Waals surface area contributed by atoms with Crippen LogP contribution in [-0.2, 0) is 19.3 Å². The molecule has 0 aliphatic carbocycles. The topological polar surface area (TPSA) is 66.8 Å². The Bertz CT molecular complexity index is 480. The maximum Gasteiger partial charge on any atom is 0.511 e. The molecule has 4 nitrogen and oxygen atoms in total. The Labute approximate surface area is 126 Å². The normalized spacial score (nSPS) is 10.6.